The maximum absolute atomic E-state index is 11.9. The molecule has 2 aliphatic rings. The van der Waals surface area contributed by atoms with Crippen LogP contribution in [0.4, 0.5) is 11.5 Å². The van der Waals surface area contributed by atoms with Gasteiger partial charge >= 0.3 is 5.97 Å². The Morgan fingerprint density at radius 2 is 2.03 bits per heavy atom. The molecule has 39 heavy (non-hydrogen) atoms. The number of ether oxygens (including phenoxy) is 2. The molecule has 2 aromatic heterocycles. The molecule has 2 N–H and O–H groups in total. The summed E-state index contributed by atoms with van der Waals surface area (Å²) in [5.74, 6) is 0.882. The van der Waals surface area contributed by atoms with E-state index in [2.05, 4.69) is 39.6 Å². The molecule has 202 valence electrons. The van der Waals surface area contributed by atoms with Gasteiger partial charge in [0.25, 0.3) is 0 Å². The molecule has 4 heterocycles. The molecule has 0 aliphatic carbocycles. The van der Waals surface area contributed by atoms with Crippen molar-refractivity contribution in [3.05, 3.63) is 77.6 Å². The van der Waals surface area contributed by atoms with Crippen molar-refractivity contribution in [1.29, 1.82) is 0 Å². The summed E-state index contributed by atoms with van der Waals surface area (Å²) in [6, 6.07) is 17.8. The van der Waals surface area contributed by atoms with E-state index in [-0.39, 0.29) is 6.42 Å². The lowest BCUT2D eigenvalue weighted by Crippen LogP contribution is -2.36. The number of nitrogens with one attached hydrogen (secondary N) is 1. The lowest BCUT2D eigenvalue weighted by atomic mass is 10.0. The maximum atomic E-state index is 11.9. The van der Waals surface area contributed by atoms with Crippen LogP contribution in [0.5, 0.6) is 5.75 Å². The van der Waals surface area contributed by atoms with Crippen molar-refractivity contribution in [2.75, 3.05) is 49.7 Å². The summed E-state index contributed by atoms with van der Waals surface area (Å²) in [7, 11) is 0. The predicted octanol–water partition coefficient (Wildman–Crippen LogP) is 4.31. The van der Waals surface area contributed by atoms with Crippen LogP contribution in [-0.2, 0) is 22.4 Å². The zero-order chi connectivity index (χ0) is 26.6. The van der Waals surface area contributed by atoms with Crippen molar-refractivity contribution >= 4 is 28.4 Å². The van der Waals surface area contributed by atoms with Gasteiger partial charge in [-0.3, -0.25) is 9.48 Å². The van der Waals surface area contributed by atoms with E-state index >= 15 is 0 Å². The van der Waals surface area contributed by atoms with Crippen LogP contribution in [0.15, 0.2) is 60.8 Å². The van der Waals surface area contributed by atoms with Crippen LogP contribution in [0.2, 0.25) is 0 Å². The van der Waals surface area contributed by atoms with Crippen LogP contribution in [0, 0.1) is 0 Å². The van der Waals surface area contributed by atoms with Crippen LogP contribution in [0.25, 0.3) is 10.9 Å². The first-order valence-electron chi connectivity index (χ1n) is 13.6. The van der Waals surface area contributed by atoms with Crippen molar-refractivity contribution in [3.8, 4) is 5.75 Å². The first-order chi connectivity index (χ1) is 19.1. The average Bonchev–Trinajstić information content (AvgIpc) is 3.39. The van der Waals surface area contributed by atoms with Crippen LogP contribution < -0.4 is 15.0 Å². The third-order valence-electron chi connectivity index (χ3n) is 7.44. The lowest BCUT2D eigenvalue weighted by molar-refractivity contribution is -0.137. The predicted molar refractivity (Wildman–Crippen MR) is 150 cm³/mol. The molecule has 2 aromatic carbocycles. The van der Waals surface area contributed by atoms with E-state index in [0.29, 0.717) is 26.2 Å². The summed E-state index contributed by atoms with van der Waals surface area (Å²) in [5, 5.41) is 18.6. The van der Waals surface area contributed by atoms with E-state index in [4.69, 9.17) is 14.5 Å². The Labute approximate surface area is 227 Å². The van der Waals surface area contributed by atoms with Gasteiger partial charge in [0.1, 0.15) is 11.6 Å². The summed E-state index contributed by atoms with van der Waals surface area (Å²) in [4.78, 5) is 18.9. The van der Waals surface area contributed by atoms with E-state index < -0.39 is 12.0 Å². The summed E-state index contributed by atoms with van der Waals surface area (Å²) in [5.41, 5.74) is 5.14. The molecule has 0 spiro atoms. The van der Waals surface area contributed by atoms with Crippen LogP contribution >= 0.6 is 0 Å². The molecule has 1 fully saturated rings. The number of carboxylic acids is 1. The molecule has 0 radical (unpaired) electrons. The number of hydrogen-bond acceptors (Lipinski definition) is 7. The Kier molecular flexibility index (Phi) is 7.31. The number of carboxylic acid groups (broad SMARTS) is 1. The van der Waals surface area contributed by atoms with Gasteiger partial charge in [-0.1, -0.05) is 18.2 Å². The van der Waals surface area contributed by atoms with Crippen molar-refractivity contribution in [2.24, 2.45) is 0 Å². The number of nitrogens with zero attached hydrogens (tertiary/aromatic N) is 4. The van der Waals surface area contributed by atoms with Gasteiger partial charge in [0.05, 0.1) is 44.0 Å². The molecule has 6 rings (SSSR count). The number of rotatable bonds is 9. The molecule has 0 saturated carbocycles. The monoisotopic (exact) mass is 527 g/mol. The van der Waals surface area contributed by atoms with E-state index in [1.807, 2.05) is 35.0 Å². The summed E-state index contributed by atoms with van der Waals surface area (Å²) < 4.78 is 13.4. The number of morpholine rings is 1. The Balaban J connectivity index is 1.18. The zero-order valence-corrected chi connectivity index (χ0v) is 21.9. The second-order valence-corrected chi connectivity index (χ2v) is 10.1. The normalized spacial score (nSPS) is 15.9. The number of hydrogen-bond donors (Lipinski definition) is 2. The topological polar surface area (TPSA) is 102 Å². The molecule has 2 aliphatic heterocycles. The van der Waals surface area contributed by atoms with Gasteiger partial charge in [-0.2, -0.15) is 5.10 Å². The second-order valence-electron chi connectivity index (χ2n) is 10.1. The first-order valence-corrected chi connectivity index (χ1v) is 13.6. The van der Waals surface area contributed by atoms with Gasteiger partial charge in [-0.25, -0.2) is 4.98 Å². The molecular formula is C30H33N5O4. The fourth-order valence-electron chi connectivity index (χ4n) is 5.41. The fraction of sp³-hybridized carbons (Fsp3) is 0.367. The third-order valence-corrected chi connectivity index (χ3v) is 7.44. The van der Waals surface area contributed by atoms with Gasteiger partial charge in [0.2, 0.25) is 0 Å². The minimum Gasteiger partial charge on any atom is -0.493 e. The van der Waals surface area contributed by atoms with E-state index in [1.54, 1.807) is 6.20 Å². The van der Waals surface area contributed by atoms with E-state index in [9.17, 15) is 9.90 Å². The summed E-state index contributed by atoms with van der Waals surface area (Å²) in [6.45, 7) is 4.51. The smallest absolute Gasteiger partial charge is 0.305 e. The van der Waals surface area contributed by atoms with Gasteiger partial charge < -0.3 is 24.8 Å². The molecule has 9 heteroatoms. The molecule has 1 unspecified atom stereocenters. The SMILES string of the molecule is O=C(O)CC(c1cccc(N2CCOCC2)c1)n1ncc2cc(OCCc3ccc4c(n3)NCCC4)ccc21. The molecule has 0 bridgehead atoms. The van der Waals surface area contributed by atoms with Gasteiger partial charge in [0.15, 0.2) is 0 Å². The van der Waals surface area contributed by atoms with Crippen molar-refractivity contribution in [3.63, 3.8) is 0 Å². The second kappa shape index (κ2) is 11.3. The zero-order valence-electron chi connectivity index (χ0n) is 21.9. The fourth-order valence-corrected chi connectivity index (χ4v) is 5.41. The number of aryl methyl sites for hydroxylation is 1. The molecule has 0 amide bonds. The highest BCUT2D eigenvalue weighted by Gasteiger charge is 2.22. The Hall–Kier alpha value is -4.11. The van der Waals surface area contributed by atoms with Gasteiger partial charge in [0, 0.05) is 42.8 Å². The van der Waals surface area contributed by atoms with Gasteiger partial charge in [-0.15, -0.1) is 0 Å². The summed E-state index contributed by atoms with van der Waals surface area (Å²) >= 11 is 0. The Bertz CT molecular complexity index is 1460. The lowest BCUT2D eigenvalue weighted by Gasteiger charge is -2.29. The van der Waals surface area contributed by atoms with Crippen molar-refractivity contribution in [1.82, 2.24) is 14.8 Å². The molecule has 4 aromatic rings. The highest BCUT2D eigenvalue weighted by molar-refractivity contribution is 5.81. The third kappa shape index (κ3) is 5.68. The van der Waals surface area contributed by atoms with Crippen molar-refractivity contribution < 1.29 is 19.4 Å². The van der Waals surface area contributed by atoms with E-state index in [1.165, 1.54) is 5.56 Å². The molecular weight excluding hydrogens is 494 g/mol. The van der Waals surface area contributed by atoms with Crippen molar-refractivity contribution in [2.45, 2.75) is 31.7 Å². The number of anilines is 2. The minimum absolute atomic E-state index is 0.0652. The first kappa shape index (κ1) is 25.2. The van der Waals surface area contributed by atoms with Crippen LogP contribution in [0.1, 0.15) is 35.7 Å². The Morgan fingerprint density at radius 3 is 2.90 bits per heavy atom. The van der Waals surface area contributed by atoms with Crippen LogP contribution in [0.3, 0.4) is 0 Å². The highest BCUT2D eigenvalue weighted by Crippen LogP contribution is 2.31. The molecule has 1 atom stereocenters. The van der Waals surface area contributed by atoms with Gasteiger partial charge in [-0.05, 0) is 60.4 Å². The number of pyridine rings is 1. The number of carbonyl (C=O) groups is 1. The summed E-state index contributed by atoms with van der Waals surface area (Å²) in [6.07, 6.45) is 4.65. The number of aromatic nitrogens is 3. The van der Waals surface area contributed by atoms with Crippen LogP contribution in [-0.4, -0.2) is 65.3 Å². The average molecular weight is 528 g/mol. The number of fused-ring (bicyclic) bond motifs is 2. The molecule has 1 saturated heterocycles. The van der Waals surface area contributed by atoms with E-state index in [0.717, 1.165) is 71.9 Å². The number of aliphatic carboxylic acids is 1. The highest BCUT2D eigenvalue weighted by atomic mass is 16.5. The molecule has 9 nitrogen and oxygen atoms in total. The largest absolute Gasteiger partial charge is 0.493 e. The Morgan fingerprint density at radius 1 is 1.13 bits per heavy atom. The maximum Gasteiger partial charge on any atom is 0.305 e. The minimum atomic E-state index is -0.869. The standard InChI is InChI=1S/C30H33N5O4/c36-29(37)19-28(22-3-1-5-25(17-22)34-12-15-38-16-13-34)35-27-9-8-26(18-23(27)20-32-35)39-14-10-24-7-6-21-4-2-11-31-30(21)33-24/h1,3,5-9,17-18,20,28H,2,4,10-16,19H2,(H,31,33)(H,36,37). The number of benzene rings is 2. The quantitative estimate of drug-likeness (QED) is 0.332.